The average molecular weight is 393 g/mol. The normalized spacial score (nSPS) is 18.7. The van der Waals surface area contributed by atoms with Gasteiger partial charge in [0.15, 0.2) is 5.78 Å². The molecular weight excluding hydrogens is 376 g/mol. The summed E-state index contributed by atoms with van der Waals surface area (Å²) in [6.07, 6.45) is 4.09. The number of nitrogens with zero attached hydrogens (tertiary/aromatic N) is 2. The molecule has 6 nitrogen and oxygen atoms in total. The average Bonchev–Trinajstić information content (AvgIpc) is 2.77. The van der Waals surface area contributed by atoms with Gasteiger partial charge in [-0.1, -0.05) is 17.7 Å². The summed E-state index contributed by atoms with van der Waals surface area (Å²) in [7, 11) is -4.12. The van der Waals surface area contributed by atoms with Crippen molar-refractivity contribution in [3.63, 3.8) is 0 Å². The quantitative estimate of drug-likeness (QED) is 0.798. The molecular formula is C18H17ClN2O4S. The number of hydrogen-bond donors (Lipinski definition) is 0. The second-order valence-electron chi connectivity index (χ2n) is 6.14. The fourth-order valence-corrected chi connectivity index (χ4v) is 4.47. The van der Waals surface area contributed by atoms with Crippen LogP contribution in [-0.4, -0.2) is 35.9 Å². The number of rotatable bonds is 4. The van der Waals surface area contributed by atoms with Gasteiger partial charge in [0.05, 0.1) is 11.4 Å². The van der Waals surface area contributed by atoms with Crippen LogP contribution in [0.4, 0.5) is 0 Å². The van der Waals surface area contributed by atoms with E-state index >= 15 is 0 Å². The molecule has 1 aromatic heterocycles. The molecule has 1 unspecified atom stereocenters. The van der Waals surface area contributed by atoms with E-state index in [0.29, 0.717) is 22.2 Å². The summed E-state index contributed by atoms with van der Waals surface area (Å²) >= 11 is 5.80. The first kappa shape index (κ1) is 18.5. The van der Waals surface area contributed by atoms with Crippen LogP contribution < -0.4 is 0 Å². The lowest BCUT2D eigenvalue weighted by molar-refractivity contribution is -0.131. The predicted octanol–water partition coefficient (Wildman–Crippen LogP) is 2.47. The van der Waals surface area contributed by atoms with Gasteiger partial charge in [0.2, 0.25) is 5.91 Å². The number of aromatic nitrogens is 1. The number of sulfonamides is 1. The number of pyridine rings is 1. The van der Waals surface area contributed by atoms with Crippen LogP contribution in [-0.2, 0) is 26.0 Å². The molecule has 136 valence electrons. The first-order valence-electron chi connectivity index (χ1n) is 8.10. The van der Waals surface area contributed by atoms with Gasteiger partial charge in [-0.15, -0.1) is 0 Å². The van der Waals surface area contributed by atoms with Gasteiger partial charge in [-0.05, 0) is 48.7 Å². The van der Waals surface area contributed by atoms with Crippen LogP contribution in [0, 0.1) is 5.92 Å². The van der Waals surface area contributed by atoms with Gasteiger partial charge >= 0.3 is 0 Å². The summed E-state index contributed by atoms with van der Waals surface area (Å²) in [5, 5.41) is 0.386. The summed E-state index contributed by atoms with van der Waals surface area (Å²) in [6.45, 7) is -0.437. The van der Waals surface area contributed by atoms with Crippen molar-refractivity contribution >= 4 is 33.3 Å². The Hall–Kier alpha value is -2.25. The number of carbonyl (C=O) groups excluding carboxylic acids is 2. The van der Waals surface area contributed by atoms with E-state index in [0.717, 1.165) is 5.56 Å². The Labute approximate surface area is 156 Å². The molecule has 0 bridgehead atoms. The molecule has 1 amide bonds. The van der Waals surface area contributed by atoms with Gasteiger partial charge < -0.3 is 0 Å². The molecule has 1 saturated heterocycles. The minimum atomic E-state index is -4.12. The van der Waals surface area contributed by atoms with Crippen molar-refractivity contribution in [3.8, 4) is 0 Å². The van der Waals surface area contributed by atoms with E-state index < -0.39 is 28.4 Å². The number of halogens is 1. The predicted molar refractivity (Wildman–Crippen MR) is 96.0 cm³/mol. The second-order valence-corrected chi connectivity index (χ2v) is 8.44. The van der Waals surface area contributed by atoms with Crippen molar-refractivity contribution in [2.75, 3.05) is 6.54 Å². The first-order chi connectivity index (χ1) is 12.4. The zero-order chi connectivity index (χ0) is 18.7. The lowest BCUT2D eigenvalue weighted by atomic mass is 9.95. The fraction of sp³-hybridized carbons (Fsp3) is 0.278. The molecule has 1 aliphatic heterocycles. The van der Waals surface area contributed by atoms with Crippen molar-refractivity contribution in [2.24, 2.45) is 5.92 Å². The molecule has 1 atom stereocenters. The van der Waals surface area contributed by atoms with Crippen LogP contribution in [0.1, 0.15) is 18.4 Å². The third-order valence-corrected chi connectivity index (χ3v) is 6.30. The third kappa shape index (κ3) is 3.94. The Morgan fingerprint density at radius 3 is 2.54 bits per heavy atom. The maximum atomic E-state index is 12.9. The van der Waals surface area contributed by atoms with Crippen LogP contribution in [0.5, 0.6) is 0 Å². The third-order valence-electron chi connectivity index (χ3n) is 4.29. The first-order valence-corrected chi connectivity index (χ1v) is 9.92. The van der Waals surface area contributed by atoms with Crippen molar-refractivity contribution in [1.29, 1.82) is 0 Å². The number of benzene rings is 1. The summed E-state index contributed by atoms with van der Waals surface area (Å²) < 4.78 is 26.5. The Balaban J connectivity index is 1.92. The molecule has 0 N–H and O–H groups in total. The lowest BCUT2D eigenvalue weighted by Gasteiger charge is -2.23. The molecule has 0 spiro atoms. The second kappa shape index (κ2) is 7.55. The Kier molecular flexibility index (Phi) is 5.38. The molecule has 3 rings (SSSR count). The van der Waals surface area contributed by atoms with E-state index in [-0.39, 0.29) is 17.1 Å². The summed E-state index contributed by atoms with van der Waals surface area (Å²) in [5.74, 6) is -1.42. The Morgan fingerprint density at radius 2 is 1.88 bits per heavy atom. The molecule has 8 heteroatoms. The highest BCUT2D eigenvalue weighted by Gasteiger charge is 2.37. The van der Waals surface area contributed by atoms with Crippen LogP contribution >= 0.6 is 11.6 Å². The van der Waals surface area contributed by atoms with E-state index in [9.17, 15) is 18.0 Å². The van der Waals surface area contributed by atoms with Crippen LogP contribution in [0.15, 0.2) is 53.7 Å². The van der Waals surface area contributed by atoms with E-state index in [1.165, 1.54) is 24.3 Å². The SMILES string of the molecule is O=C1CCC(Cc2cccnc2)C(=O)N(S(=O)(=O)c2ccc(Cl)cc2)C1. The van der Waals surface area contributed by atoms with Crippen molar-refractivity contribution in [2.45, 2.75) is 24.2 Å². The van der Waals surface area contributed by atoms with E-state index in [1.807, 2.05) is 6.07 Å². The highest BCUT2D eigenvalue weighted by molar-refractivity contribution is 7.89. The van der Waals surface area contributed by atoms with Gasteiger partial charge in [-0.2, -0.15) is 0 Å². The van der Waals surface area contributed by atoms with Gasteiger partial charge in [0.1, 0.15) is 0 Å². The molecule has 0 aliphatic carbocycles. The lowest BCUT2D eigenvalue weighted by Crippen LogP contribution is -2.42. The minimum Gasteiger partial charge on any atom is -0.298 e. The topological polar surface area (TPSA) is 84.4 Å². The van der Waals surface area contributed by atoms with Crippen LogP contribution in [0.25, 0.3) is 0 Å². The summed E-state index contributed by atoms with van der Waals surface area (Å²) in [6, 6.07) is 9.11. The molecule has 1 aromatic carbocycles. The fourth-order valence-electron chi connectivity index (χ4n) is 2.91. The monoisotopic (exact) mass is 392 g/mol. The van der Waals surface area contributed by atoms with E-state index in [2.05, 4.69) is 4.98 Å². The van der Waals surface area contributed by atoms with Gasteiger partial charge in [0, 0.05) is 29.8 Å². The number of hydrogen-bond acceptors (Lipinski definition) is 5. The minimum absolute atomic E-state index is 0.0647. The van der Waals surface area contributed by atoms with Crippen LogP contribution in [0.2, 0.25) is 5.02 Å². The zero-order valence-electron chi connectivity index (χ0n) is 13.8. The number of ketones is 1. The standard InChI is InChI=1S/C18H17ClN2O4S/c19-15-4-7-17(8-5-15)26(24,25)21-12-16(22)6-3-14(18(21)23)10-13-2-1-9-20-11-13/h1-2,4-5,7-9,11,14H,3,6,10,12H2. The highest BCUT2D eigenvalue weighted by atomic mass is 35.5. The molecule has 2 aromatic rings. The van der Waals surface area contributed by atoms with Crippen LogP contribution in [0.3, 0.4) is 0 Å². The van der Waals surface area contributed by atoms with E-state index in [1.54, 1.807) is 18.5 Å². The van der Waals surface area contributed by atoms with Crippen molar-refractivity contribution in [1.82, 2.24) is 9.29 Å². The van der Waals surface area contributed by atoms with Gasteiger partial charge in [0.25, 0.3) is 10.0 Å². The molecule has 2 heterocycles. The molecule has 0 saturated carbocycles. The van der Waals surface area contributed by atoms with Gasteiger partial charge in [-0.3, -0.25) is 14.6 Å². The molecule has 26 heavy (non-hydrogen) atoms. The summed E-state index contributed by atoms with van der Waals surface area (Å²) in [4.78, 5) is 29.0. The highest BCUT2D eigenvalue weighted by Crippen LogP contribution is 2.26. The van der Waals surface area contributed by atoms with Gasteiger partial charge in [-0.25, -0.2) is 12.7 Å². The Bertz CT molecular complexity index is 914. The van der Waals surface area contributed by atoms with E-state index in [4.69, 9.17) is 11.6 Å². The summed E-state index contributed by atoms with van der Waals surface area (Å²) in [5.41, 5.74) is 0.823. The number of amides is 1. The number of Topliss-reactive ketones (excluding diaryl/α,β-unsaturated/α-hetero) is 1. The molecule has 1 fully saturated rings. The molecule has 1 aliphatic rings. The largest absolute Gasteiger partial charge is 0.298 e. The number of carbonyl (C=O) groups is 2. The molecule has 0 radical (unpaired) electrons. The van der Waals surface area contributed by atoms with Crippen molar-refractivity contribution in [3.05, 3.63) is 59.4 Å². The smallest absolute Gasteiger partial charge is 0.266 e. The maximum Gasteiger partial charge on any atom is 0.266 e. The zero-order valence-corrected chi connectivity index (χ0v) is 15.4. The van der Waals surface area contributed by atoms with Crippen molar-refractivity contribution < 1.29 is 18.0 Å². The Morgan fingerprint density at radius 1 is 1.15 bits per heavy atom. The maximum absolute atomic E-state index is 12.9.